The number of ether oxygens (including phenoxy) is 1. The summed E-state index contributed by atoms with van der Waals surface area (Å²) in [6.45, 7) is 2.18. The molecule has 0 amide bonds. The van der Waals surface area contributed by atoms with E-state index in [4.69, 9.17) is 4.74 Å². The molecule has 0 saturated carbocycles. The molecule has 0 aliphatic heterocycles. The molecule has 0 saturated heterocycles. The number of hydrogen-bond donors (Lipinski definition) is 2. The molecule has 1 aliphatic rings. The number of benzene rings is 1. The molecule has 0 spiro atoms. The van der Waals surface area contributed by atoms with Gasteiger partial charge in [0.25, 0.3) is 0 Å². The monoisotopic (exact) mass is 257 g/mol. The van der Waals surface area contributed by atoms with Crippen LogP contribution in [0.3, 0.4) is 0 Å². The highest BCUT2D eigenvalue weighted by molar-refractivity contribution is 5.97. The van der Waals surface area contributed by atoms with Crippen LogP contribution in [-0.2, 0) is 16.0 Å². The van der Waals surface area contributed by atoms with Crippen molar-refractivity contribution in [1.82, 2.24) is 4.98 Å². The summed E-state index contributed by atoms with van der Waals surface area (Å²) < 4.78 is 4.94. The molecule has 4 heteroatoms. The van der Waals surface area contributed by atoms with Crippen LogP contribution in [0, 0.1) is 0 Å². The van der Waals surface area contributed by atoms with Gasteiger partial charge in [-0.05, 0) is 49.1 Å². The van der Waals surface area contributed by atoms with Gasteiger partial charge in [0.15, 0.2) is 0 Å². The Bertz CT molecular complexity index is 682. The Hall–Kier alpha value is -2.23. The molecule has 1 heterocycles. The Kier molecular flexibility index (Phi) is 2.78. The molecule has 1 aliphatic carbocycles. The van der Waals surface area contributed by atoms with Gasteiger partial charge >= 0.3 is 5.97 Å². The largest absolute Gasteiger partial charge is 0.508 e. The molecule has 1 aromatic heterocycles. The van der Waals surface area contributed by atoms with Gasteiger partial charge in [0.1, 0.15) is 5.75 Å². The van der Waals surface area contributed by atoms with Crippen LogP contribution >= 0.6 is 0 Å². The summed E-state index contributed by atoms with van der Waals surface area (Å²) >= 11 is 0. The number of carbonyl (C=O) groups excluding carboxylic acids is 1. The van der Waals surface area contributed by atoms with Crippen molar-refractivity contribution in [1.29, 1.82) is 0 Å². The van der Waals surface area contributed by atoms with E-state index < -0.39 is 0 Å². The number of rotatable bonds is 2. The van der Waals surface area contributed by atoms with E-state index in [9.17, 15) is 9.90 Å². The first-order chi connectivity index (χ1) is 9.19. The molecule has 3 rings (SSSR count). The van der Waals surface area contributed by atoms with E-state index >= 15 is 0 Å². The lowest BCUT2D eigenvalue weighted by Gasteiger charge is -1.99. The third-order valence-electron chi connectivity index (χ3n) is 3.43. The summed E-state index contributed by atoms with van der Waals surface area (Å²) in [7, 11) is 0. The van der Waals surface area contributed by atoms with Gasteiger partial charge in [0.05, 0.1) is 6.61 Å². The van der Waals surface area contributed by atoms with Crippen molar-refractivity contribution in [2.24, 2.45) is 0 Å². The first kappa shape index (κ1) is 11.8. The number of carbonyl (C=O) groups is 1. The Morgan fingerprint density at radius 2 is 2.32 bits per heavy atom. The van der Waals surface area contributed by atoms with E-state index in [1.54, 1.807) is 25.1 Å². The normalized spacial score (nSPS) is 15.9. The Morgan fingerprint density at radius 3 is 3.11 bits per heavy atom. The molecule has 19 heavy (non-hydrogen) atoms. The second kappa shape index (κ2) is 4.46. The van der Waals surface area contributed by atoms with Crippen LogP contribution in [0.25, 0.3) is 16.5 Å². The molecule has 0 bridgehead atoms. The van der Waals surface area contributed by atoms with Crippen LogP contribution in [-0.4, -0.2) is 22.7 Å². The first-order valence-electron chi connectivity index (χ1n) is 6.40. The van der Waals surface area contributed by atoms with Crippen molar-refractivity contribution in [3.63, 3.8) is 0 Å². The minimum atomic E-state index is -0.299. The van der Waals surface area contributed by atoms with Gasteiger partial charge in [0.2, 0.25) is 0 Å². The zero-order valence-corrected chi connectivity index (χ0v) is 10.7. The summed E-state index contributed by atoms with van der Waals surface area (Å²) in [4.78, 5) is 14.8. The zero-order valence-electron chi connectivity index (χ0n) is 10.7. The molecule has 0 fully saturated rings. The van der Waals surface area contributed by atoms with Crippen molar-refractivity contribution in [2.75, 3.05) is 6.61 Å². The van der Waals surface area contributed by atoms with Gasteiger partial charge in [0, 0.05) is 22.7 Å². The molecular formula is C15H15NO3. The topological polar surface area (TPSA) is 62.3 Å². The summed E-state index contributed by atoms with van der Waals surface area (Å²) in [6.07, 6.45) is 3.26. The van der Waals surface area contributed by atoms with Crippen LogP contribution in [0.15, 0.2) is 24.3 Å². The van der Waals surface area contributed by atoms with Gasteiger partial charge in [-0.15, -0.1) is 0 Å². The Morgan fingerprint density at radius 1 is 1.47 bits per heavy atom. The molecule has 98 valence electrons. The number of aryl methyl sites for hydroxylation is 1. The van der Waals surface area contributed by atoms with Crippen molar-refractivity contribution in [3.8, 4) is 5.75 Å². The minimum absolute atomic E-state index is 0.261. The third kappa shape index (κ3) is 1.99. The fraction of sp³-hybridized carbons (Fsp3) is 0.267. The standard InChI is InChI=1S/C15H15NO3/c1-2-19-14(18)7-9-3-5-11-12-8-10(17)4-6-13(12)16-15(9)11/h4,6-8,16-17H,2-3,5H2,1H3/b9-7-. The van der Waals surface area contributed by atoms with E-state index in [-0.39, 0.29) is 11.7 Å². The fourth-order valence-electron chi connectivity index (χ4n) is 2.62. The number of aromatic nitrogens is 1. The summed E-state index contributed by atoms with van der Waals surface area (Å²) in [6, 6.07) is 5.27. The van der Waals surface area contributed by atoms with Gasteiger partial charge in [-0.1, -0.05) is 0 Å². The highest BCUT2D eigenvalue weighted by Crippen LogP contribution is 2.37. The summed E-state index contributed by atoms with van der Waals surface area (Å²) in [5.74, 6) is -0.0380. The fourth-order valence-corrected chi connectivity index (χ4v) is 2.62. The van der Waals surface area contributed by atoms with Crippen LogP contribution < -0.4 is 0 Å². The van der Waals surface area contributed by atoms with Gasteiger partial charge in [-0.2, -0.15) is 0 Å². The quantitative estimate of drug-likeness (QED) is 0.642. The molecule has 0 radical (unpaired) electrons. The SMILES string of the molecule is CCOC(=O)/C=C1/CCc2c1[nH]c1ccc(O)cc21. The van der Waals surface area contributed by atoms with Crippen molar-refractivity contribution in [3.05, 3.63) is 35.5 Å². The number of allylic oxidation sites excluding steroid dienone is 1. The lowest BCUT2D eigenvalue weighted by molar-refractivity contribution is -0.137. The van der Waals surface area contributed by atoms with Gasteiger partial charge < -0.3 is 14.8 Å². The number of phenols is 1. The van der Waals surface area contributed by atoms with Crippen molar-refractivity contribution >= 4 is 22.4 Å². The Balaban J connectivity index is 2.05. The second-order valence-electron chi connectivity index (χ2n) is 4.63. The highest BCUT2D eigenvalue weighted by Gasteiger charge is 2.22. The molecule has 1 aromatic carbocycles. The van der Waals surface area contributed by atoms with E-state index in [2.05, 4.69) is 4.98 Å². The predicted molar refractivity (Wildman–Crippen MR) is 72.9 cm³/mol. The van der Waals surface area contributed by atoms with Crippen LogP contribution in [0.4, 0.5) is 0 Å². The lowest BCUT2D eigenvalue weighted by Crippen LogP contribution is -2.00. The van der Waals surface area contributed by atoms with E-state index in [1.165, 1.54) is 5.56 Å². The molecule has 0 atom stereocenters. The minimum Gasteiger partial charge on any atom is -0.508 e. The second-order valence-corrected chi connectivity index (χ2v) is 4.63. The van der Waals surface area contributed by atoms with Crippen LogP contribution in [0.5, 0.6) is 5.75 Å². The van der Waals surface area contributed by atoms with Gasteiger partial charge in [-0.25, -0.2) is 4.79 Å². The first-order valence-corrected chi connectivity index (χ1v) is 6.40. The summed E-state index contributed by atoms with van der Waals surface area (Å²) in [5.41, 5.74) is 4.12. The Labute approximate surface area is 110 Å². The van der Waals surface area contributed by atoms with E-state index in [0.29, 0.717) is 6.61 Å². The van der Waals surface area contributed by atoms with Crippen molar-refractivity contribution in [2.45, 2.75) is 19.8 Å². The smallest absolute Gasteiger partial charge is 0.331 e. The number of nitrogens with one attached hydrogen (secondary N) is 1. The molecule has 2 aromatic rings. The van der Waals surface area contributed by atoms with Gasteiger partial charge in [-0.3, -0.25) is 0 Å². The number of fused-ring (bicyclic) bond motifs is 3. The highest BCUT2D eigenvalue weighted by atomic mass is 16.5. The molecule has 0 unspecified atom stereocenters. The zero-order chi connectivity index (χ0) is 13.4. The van der Waals surface area contributed by atoms with E-state index in [0.717, 1.165) is 35.0 Å². The summed E-state index contributed by atoms with van der Waals surface area (Å²) in [5, 5.41) is 10.6. The average Bonchev–Trinajstić information content (AvgIpc) is 2.90. The maximum atomic E-state index is 11.5. The number of aromatic amines is 1. The lowest BCUT2D eigenvalue weighted by atomic mass is 10.1. The maximum absolute atomic E-state index is 11.5. The van der Waals surface area contributed by atoms with Crippen molar-refractivity contribution < 1.29 is 14.6 Å². The molecular weight excluding hydrogens is 242 g/mol. The number of H-pyrrole nitrogens is 1. The number of phenolic OH excluding ortho intramolecular Hbond substituents is 1. The van der Waals surface area contributed by atoms with E-state index in [1.807, 2.05) is 6.07 Å². The average molecular weight is 257 g/mol. The van der Waals surface area contributed by atoms with Crippen LogP contribution in [0.2, 0.25) is 0 Å². The number of esters is 1. The predicted octanol–water partition coefficient (Wildman–Crippen LogP) is 2.77. The van der Waals surface area contributed by atoms with Crippen LogP contribution in [0.1, 0.15) is 24.6 Å². The maximum Gasteiger partial charge on any atom is 0.331 e. The number of aromatic hydroxyl groups is 1. The molecule has 4 nitrogen and oxygen atoms in total. The third-order valence-corrected chi connectivity index (χ3v) is 3.43. The number of hydrogen-bond acceptors (Lipinski definition) is 3. The molecule has 2 N–H and O–H groups in total.